The number of anilines is 1. The van der Waals surface area contributed by atoms with Crippen LogP contribution >= 0.6 is 0 Å². The van der Waals surface area contributed by atoms with Crippen molar-refractivity contribution in [2.24, 2.45) is 0 Å². The highest BCUT2D eigenvalue weighted by atomic mass is 19.4. The molecule has 0 heterocycles. The standard InChI is InChI=1S/C20H17F3N2O4/c1-29-18(27)12-24-19(28)14-6-8-16(9-7-14)25-17(26)10-5-13-3-2-4-15(11-13)20(21,22)23/h2-11H,12H2,1H3,(H,24,28)(H,25,26)/b10-5+. The van der Waals surface area contributed by atoms with Crippen LogP contribution in [0.1, 0.15) is 21.5 Å². The maximum atomic E-state index is 12.7. The van der Waals surface area contributed by atoms with E-state index in [0.717, 1.165) is 18.2 Å². The van der Waals surface area contributed by atoms with Crippen LogP contribution in [-0.2, 0) is 20.5 Å². The number of rotatable bonds is 6. The summed E-state index contributed by atoms with van der Waals surface area (Å²) in [5, 5.41) is 4.90. The van der Waals surface area contributed by atoms with Gasteiger partial charge in [-0.05, 0) is 48.0 Å². The van der Waals surface area contributed by atoms with E-state index in [2.05, 4.69) is 15.4 Å². The second kappa shape index (κ2) is 9.54. The Labute approximate surface area is 164 Å². The molecule has 0 saturated carbocycles. The number of hydrogen-bond acceptors (Lipinski definition) is 4. The Morgan fingerprint density at radius 3 is 2.38 bits per heavy atom. The Morgan fingerprint density at radius 2 is 1.76 bits per heavy atom. The summed E-state index contributed by atoms with van der Waals surface area (Å²) in [5.74, 6) is -1.63. The zero-order valence-electron chi connectivity index (χ0n) is 15.2. The minimum absolute atomic E-state index is 0.229. The predicted octanol–water partition coefficient (Wildman–Crippen LogP) is 3.26. The van der Waals surface area contributed by atoms with Gasteiger partial charge < -0.3 is 15.4 Å². The van der Waals surface area contributed by atoms with Gasteiger partial charge in [-0.2, -0.15) is 13.2 Å². The van der Waals surface area contributed by atoms with Crippen LogP contribution in [0.4, 0.5) is 18.9 Å². The van der Waals surface area contributed by atoms with Crippen LogP contribution in [0.3, 0.4) is 0 Å². The normalized spacial score (nSPS) is 11.2. The van der Waals surface area contributed by atoms with E-state index in [1.54, 1.807) is 0 Å². The summed E-state index contributed by atoms with van der Waals surface area (Å²) in [5.41, 5.74) is 0.0772. The van der Waals surface area contributed by atoms with E-state index in [4.69, 9.17) is 0 Å². The largest absolute Gasteiger partial charge is 0.468 e. The van der Waals surface area contributed by atoms with E-state index in [0.29, 0.717) is 5.69 Å². The van der Waals surface area contributed by atoms with Gasteiger partial charge in [0.1, 0.15) is 6.54 Å². The molecule has 152 valence electrons. The monoisotopic (exact) mass is 406 g/mol. The SMILES string of the molecule is COC(=O)CNC(=O)c1ccc(NC(=O)/C=C/c2cccc(C(F)(F)F)c2)cc1. The smallest absolute Gasteiger partial charge is 0.416 e. The second-order valence-electron chi connectivity index (χ2n) is 5.78. The fourth-order valence-electron chi connectivity index (χ4n) is 2.21. The molecule has 2 aromatic carbocycles. The van der Waals surface area contributed by atoms with Crippen LogP contribution in [-0.4, -0.2) is 31.4 Å². The highest BCUT2D eigenvalue weighted by Gasteiger charge is 2.30. The molecule has 0 aliphatic heterocycles. The van der Waals surface area contributed by atoms with Crippen LogP contribution < -0.4 is 10.6 Å². The lowest BCUT2D eigenvalue weighted by atomic mass is 10.1. The number of nitrogens with one attached hydrogen (secondary N) is 2. The Morgan fingerprint density at radius 1 is 1.07 bits per heavy atom. The first-order valence-electron chi connectivity index (χ1n) is 8.30. The van der Waals surface area contributed by atoms with Crippen molar-refractivity contribution in [2.45, 2.75) is 6.18 Å². The molecule has 2 aromatic rings. The number of amides is 2. The first-order chi connectivity index (χ1) is 13.7. The van der Waals surface area contributed by atoms with Gasteiger partial charge in [0.25, 0.3) is 5.91 Å². The third-order valence-electron chi connectivity index (χ3n) is 3.68. The van der Waals surface area contributed by atoms with Crippen molar-refractivity contribution in [3.05, 3.63) is 71.3 Å². The van der Waals surface area contributed by atoms with Crippen molar-refractivity contribution in [1.29, 1.82) is 0 Å². The first-order valence-corrected chi connectivity index (χ1v) is 8.30. The Kier molecular flexibility index (Phi) is 7.13. The minimum Gasteiger partial charge on any atom is -0.468 e. The van der Waals surface area contributed by atoms with Crippen molar-refractivity contribution in [1.82, 2.24) is 5.32 Å². The summed E-state index contributed by atoms with van der Waals surface area (Å²) in [4.78, 5) is 34.8. The highest BCUT2D eigenvalue weighted by Crippen LogP contribution is 2.29. The molecule has 6 nitrogen and oxygen atoms in total. The van der Waals surface area contributed by atoms with Gasteiger partial charge in [-0.1, -0.05) is 12.1 Å². The lowest BCUT2D eigenvalue weighted by molar-refractivity contribution is -0.139. The lowest BCUT2D eigenvalue weighted by Gasteiger charge is -2.07. The Bertz CT molecular complexity index is 922. The highest BCUT2D eigenvalue weighted by molar-refractivity contribution is 6.02. The summed E-state index contributed by atoms with van der Waals surface area (Å²) < 4.78 is 42.5. The molecule has 0 bridgehead atoms. The van der Waals surface area contributed by atoms with E-state index >= 15 is 0 Å². The molecule has 2 N–H and O–H groups in total. The molecule has 0 spiro atoms. The van der Waals surface area contributed by atoms with Gasteiger partial charge in [0, 0.05) is 17.3 Å². The fourth-order valence-corrected chi connectivity index (χ4v) is 2.21. The fraction of sp³-hybridized carbons (Fsp3) is 0.150. The zero-order valence-corrected chi connectivity index (χ0v) is 15.2. The van der Waals surface area contributed by atoms with Crippen LogP contribution in [0.25, 0.3) is 6.08 Å². The predicted molar refractivity (Wildman–Crippen MR) is 99.9 cm³/mol. The van der Waals surface area contributed by atoms with E-state index in [1.807, 2.05) is 0 Å². The third-order valence-corrected chi connectivity index (χ3v) is 3.68. The Hall–Kier alpha value is -3.62. The van der Waals surface area contributed by atoms with Crippen molar-refractivity contribution < 1.29 is 32.3 Å². The van der Waals surface area contributed by atoms with Crippen molar-refractivity contribution in [3.63, 3.8) is 0 Å². The molecule has 9 heteroatoms. The summed E-state index contributed by atoms with van der Waals surface area (Å²) in [7, 11) is 1.20. The summed E-state index contributed by atoms with van der Waals surface area (Å²) >= 11 is 0. The number of carbonyl (C=O) groups excluding carboxylic acids is 3. The number of benzene rings is 2. The number of ether oxygens (including phenoxy) is 1. The molecule has 0 unspecified atom stereocenters. The average molecular weight is 406 g/mol. The molecule has 0 radical (unpaired) electrons. The molecule has 29 heavy (non-hydrogen) atoms. The molecule has 0 saturated heterocycles. The van der Waals surface area contributed by atoms with Gasteiger partial charge in [0.2, 0.25) is 5.91 Å². The van der Waals surface area contributed by atoms with E-state index < -0.39 is 29.5 Å². The molecule has 0 atom stereocenters. The van der Waals surface area contributed by atoms with Gasteiger partial charge in [-0.25, -0.2) is 0 Å². The average Bonchev–Trinajstić information content (AvgIpc) is 2.70. The third kappa shape index (κ3) is 6.80. The Balaban J connectivity index is 1.95. The number of methoxy groups -OCH3 is 1. The maximum absolute atomic E-state index is 12.7. The summed E-state index contributed by atoms with van der Waals surface area (Å²) in [6, 6.07) is 10.4. The second-order valence-corrected chi connectivity index (χ2v) is 5.78. The molecule has 0 aliphatic carbocycles. The molecule has 2 amide bonds. The van der Waals surface area contributed by atoms with E-state index in [-0.39, 0.29) is 17.7 Å². The number of esters is 1. The maximum Gasteiger partial charge on any atom is 0.416 e. The number of hydrogen-bond donors (Lipinski definition) is 2. The summed E-state index contributed by atoms with van der Waals surface area (Å²) in [6.07, 6.45) is -2.09. The lowest BCUT2D eigenvalue weighted by Crippen LogP contribution is -2.30. The van der Waals surface area contributed by atoms with Gasteiger partial charge in [-0.15, -0.1) is 0 Å². The molecule has 0 aliphatic rings. The van der Waals surface area contributed by atoms with Crippen molar-refractivity contribution in [3.8, 4) is 0 Å². The van der Waals surface area contributed by atoms with Crippen molar-refractivity contribution >= 4 is 29.5 Å². The van der Waals surface area contributed by atoms with Gasteiger partial charge in [0.05, 0.1) is 12.7 Å². The van der Waals surface area contributed by atoms with Crippen molar-refractivity contribution in [2.75, 3.05) is 19.0 Å². The molecular weight excluding hydrogens is 389 g/mol. The number of alkyl halides is 3. The minimum atomic E-state index is -4.46. The molecular formula is C20H17F3N2O4. The van der Waals surface area contributed by atoms with Gasteiger partial charge >= 0.3 is 12.1 Å². The molecule has 0 aromatic heterocycles. The molecule has 2 rings (SSSR count). The quantitative estimate of drug-likeness (QED) is 0.570. The zero-order chi connectivity index (χ0) is 21.4. The van der Waals surface area contributed by atoms with Gasteiger partial charge in [-0.3, -0.25) is 14.4 Å². The van der Waals surface area contributed by atoms with Crippen LogP contribution in [0.2, 0.25) is 0 Å². The number of halogens is 3. The van der Waals surface area contributed by atoms with E-state index in [1.165, 1.54) is 49.6 Å². The molecule has 0 fully saturated rings. The summed E-state index contributed by atoms with van der Waals surface area (Å²) in [6.45, 7) is -0.270. The first kappa shape index (κ1) is 21.7. The number of carbonyl (C=O) groups is 3. The topological polar surface area (TPSA) is 84.5 Å². The van der Waals surface area contributed by atoms with Crippen LogP contribution in [0, 0.1) is 0 Å². The van der Waals surface area contributed by atoms with Crippen LogP contribution in [0.5, 0.6) is 0 Å². The van der Waals surface area contributed by atoms with E-state index in [9.17, 15) is 27.6 Å². The van der Waals surface area contributed by atoms with Crippen LogP contribution in [0.15, 0.2) is 54.6 Å². The van der Waals surface area contributed by atoms with Gasteiger partial charge in [0.15, 0.2) is 0 Å².